The third-order valence-electron chi connectivity index (χ3n) is 3.94. The molecule has 1 aromatic rings. The smallest absolute Gasteiger partial charge is 0.162 e. The summed E-state index contributed by atoms with van der Waals surface area (Å²) in [4.78, 5) is 12.1. The topological polar surface area (TPSA) is 52.3 Å². The van der Waals surface area contributed by atoms with Crippen molar-refractivity contribution in [1.29, 1.82) is 0 Å². The third-order valence-corrected chi connectivity index (χ3v) is 3.94. The van der Waals surface area contributed by atoms with Gasteiger partial charge in [0.15, 0.2) is 5.78 Å². The molecule has 0 spiro atoms. The number of benzene rings is 1. The maximum atomic E-state index is 12.1. The molecule has 0 saturated heterocycles. The van der Waals surface area contributed by atoms with Gasteiger partial charge in [0.1, 0.15) is 5.75 Å². The van der Waals surface area contributed by atoms with Gasteiger partial charge >= 0.3 is 0 Å². The molecule has 0 aromatic heterocycles. The van der Waals surface area contributed by atoms with E-state index in [2.05, 4.69) is 6.92 Å². The molecular weight excluding hydrogens is 250 g/mol. The molecule has 3 nitrogen and oxygen atoms in total. The SMILES string of the molecule is CCC(CCN)CCC(=O)c1ccc(OC2CC2)cc1. The molecule has 1 aliphatic rings. The highest BCUT2D eigenvalue weighted by Gasteiger charge is 2.23. The second-order valence-corrected chi connectivity index (χ2v) is 5.66. The Morgan fingerprint density at radius 2 is 2.00 bits per heavy atom. The molecule has 0 bridgehead atoms. The number of rotatable bonds is 9. The first-order valence-electron chi connectivity index (χ1n) is 7.73. The van der Waals surface area contributed by atoms with Gasteiger partial charge in [0.25, 0.3) is 0 Å². The van der Waals surface area contributed by atoms with Crippen molar-refractivity contribution in [2.45, 2.75) is 51.6 Å². The summed E-state index contributed by atoms with van der Waals surface area (Å²) >= 11 is 0. The number of hydrogen-bond donors (Lipinski definition) is 1. The Balaban J connectivity index is 1.81. The molecule has 0 radical (unpaired) electrons. The lowest BCUT2D eigenvalue weighted by Gasteiger charge is -2.12. The predicted molar refractivity (Wildman–Crippen MR) is 81.1 cm³/mol. The Kier molecular flexibility index (Phi) is 5.60. The molecular formula is C17H25NO2. The molecule has 3 heteroatoms. The van der Waals surface area contributed by atoms with Gasteiger partial charge in [-0.1, -0.05) is 13.3 Å². The van der Waals surface area contributed by atoms with Crippen LogP contribution in [0.1, 0.15) is 55.8 Å². The fourth-order valence-corrected chi connectivity index (χ4v) is 2.37. The van der Waals surface area contributed by atoms with Crippen LogP contribution in [0.4, 0.5) is 0 Å². The lowest BCUT2D eigenvalue weighted by Crippen LogP contribution is -2.10. The standard InChI is InChI=1S/C17H25NO2/c1-2-13(11-12-18)3-10-17(19)14-4-6-15(7-5-14)20-16-8-9-16/h4-7,13,16H,2-3,8-12,18H2,1H3. The van der Waals surface area contributed by atoms with Gasteiger partial charge < -0.3 is 10.5 Å². The minimum absolute atomic E-state index is 0.221. The molecule has 1 unspecified atom stereocenters. The zero-order valence-corrected chi connectivity index (χ0v) is 12.3. The Morgan fingerprint density at radius 1 is 1.30 bits per heavy atom. The number of hydrogen-bond acceptors (Lipinski definition) is 3. The van der Waals surface area contributed by atoms with Gasteiger partial charge in [0.2, 0.25) is 0 Å². The number of nitrogens with two attached hydrogens (primary N) is 1. The summed E-state index contributed by atoms with van der Waals surface area (Å²) in [6.07, 6.45) is 6.36. The lowest BCUT2D eigenvalue weighted by atomic mass is 9.94. The van der Waals surface area contributed by atoms with Gasteiger partial charge in [-0.3, -0.25) is 4.79 Å². The summed E-state index contributed by atoms with van der Waals surface area (Å²) < 4.78 is 5.68. The second kappa shape index (κ2) is 7.44. The van der Waals surface area contributed by atoms with Crippen LogP contribution in [-0.4, -0.2) is 18.4 Å². The summed E-state index contributed by atoms with van der Waals surface area (Å²) in [6.45, 7) is 2.87. The van der Waals surface area contributed by atoms with E-state index in [0.717, 1.165) is 43.4 Å². The minimum atomic E-state index is 0.221. The molecule has 1 aliphatic carbocycles. The Bertz CT molecular complexity index is 423. The monoisotopic (exact) mass is 275 g/mol. The fourth-order valence-electron chi connectivity index (χ4n) is 2.37. The van der Waals surface area contributed by atoms with Crippen LogP contribution in [0.2, 0.25) is 0 Å². The van der Waals surface area contributed by atoms with E-state index >= 15 is 0 Å². The molecule has 2 rings (SSSR count). The minimum Gasteiger partial charge on any atom is -0.490 e. The number of ether oxygens (including phenoxy) is 1. The number of carbonyl (C=O) groups excluding carboxylic acids is 1. The van der Waals surface area contributed by atoms with Crippen molar-refractivity contribution in [3.63, 3.8) is 0 Å². The van der Waals surface area contributed by atoms with E-state index in [9.17, 15) is 4.79 Å². The zero-order valence-electron chi connectivity index (χ0n) is 12.3. The van der Waals surface area contributed by atoms with Crippen LogP contribution in [-0.2, 0) is 0 Å². The van der Waals surface area contributed by atoms with Gasteiger partial charge in [0, 0.05) is 12.0 Å². The van der Waals surface area contributed by atoms with E-state index in [1.54, 1.807) is 0 Å². The summed E-state index contributed by atoms with van der Waals surface area (Å²) in [5.74, 6) is 1.67. The first-order chi connectivity index (χ1) is 9.72. The van der Waals surface area contributed by atoms with Crippen molar-refractivity contribution in [3.05, 3.63) is 29.8 Å². The first-order valence-corrected chi connectivity index (χ1v) is 7.73. The van der Waals surface area contributed by atoms with E-state index in [1.807, 2.05) is 24.3 Å². The average Bonchev–Trinajstić information content (AvgIpc) is 3.28. The van der Waals surface area contributed by atoms with E-state index < -0.39 is 0 Å². The van der Waals surface area contributed by atoms with Crippen molar-refractivity contribution < 1.29 is 9.53 Å². The van der Waals surface area contributed by atoms with Crippen molar-refractivity contribution >= 4 is 5.78 Å². The second-order valence-electron chi connectivity index (χ2n) is 5.66. The van der Waals surface area contributed by atoms with E-state index in [4.69, 9.17) is 10.5 Å². The number of Topliss-reactive ketones (excluding diaryl/α,β-unsaturated/α-hetero) is 1. The summed E-state index contributed by atoms with van der Waals surface area (Å²) in [6, 6.07) is 7.57. The maximum absolute atomic E-state index is 12.1. The molecule has 0 heterocycles. The van der Waals surface area contributed by atoms with E-state index in [0.29, 0.717) is 25.0 Å². The van der Waals surface area contributed by atoms with Crippen molar-refractivity contribution in [3.8, 4) is 5.75 Å². The van der Waals surface area contributed by atoms with Crippen LogP contribution in [0, 0.1) is 5.92 Å². The van der Waals surface area contributed by atoms with Crippen LogP contribution in [0.25, 0.3) is 0 Å². The van der Waals surface area contributed by atoms with Crippen molar-refractivity contribution in [1.82, 2.24) is 0 Å². The molecule has 20 heavy (non-hydrogen) atoms. The largest absolute Gasteiger partial charge is 0.490 e. The number of carbonyl (C=O) groups is 1. The normalized spacial score (nSPS) is 15.9. The molecule has 1 saturated carbocycles. The van der Waals surface area contributed by atoms with Crippen molar-refractivity contribution in [2.24, 2.45) is 11.7 Å². The summed E-state index contributed by atoms with van der Waals surface area (Å²) in [7, 11) is 0. The van der Waals surface area contributed by atoms with E-state index in [-0.39, 0.29) is 5.78 Å². The van der Waals surface area contributed by atoms with Crippen LogP contribution in [0.3, 0.4) is 0 Å². The lowest BCUT2D eigenvalue weighted by molar-refractivity contribution is 0.0972. The predicted octanol–water partition coefficient (Wildman–Crippen LogP) is 3.57. The van der Waals surface area contributed by atoms with Gasteiger partial charge in [-0.15, -0.1) is 0 Å². The highest BCUT2D eigenvalue weighted by atomic mass is 16.5. The zero-order chi connectivity index (χ0) is 14.4. The Morgan fingerprint density at radius 3 is 2.55 bits per heavy atom. The molecule has 2 N–H and O–H groups in total. The molecule has 1 atom stereocenters. The molecule has 0 aliphatic heterocycles. The quantitative estimate of drug-likeness (QED) is 0.701. The van der Waals surface area contributed by atoms with Crippen LogP contribution in [0.5, 0.6) is 5.75 Å². The molecule has 1 aromatic carbocycles. The van der Waals surface area contributed by atoms with Crippen LogP contribution in [0.15, 0.2) is 24.3 Å². The fraction of sp³-hybridized carbons (Fsp3) is 0.588. The molecule has 110 valence electrons. The maximum Gasteiger partial charge on any atom is 0.162 e. The van der Waals surface area contributed by atoms with E-state index in [1.165, 1.54) is 0 Å². The Labute approximate surface area is 121 Å². The summed E-state index contributed by atoms with van der Waals surface area (Å²) in [5, 5.41) is 0. The van der Waals surface area contributed by atoms with Crippen LogP contribution >= 0.6 is 0 Å². The average molecular weight is 275 g/mol. The number of ketones is 1. The highest BCUT2D eigenvalue weighted by Crippen LogP contribution is 2.27. The highest BCUT2D eigenvalue weighted by molar-refractivity contribution is 5.96. The molecule has 0 amide bonds. The molecule has 1 fully saturated rings. The van der Waals surface area contributed by atoms with Gasteiger partial charge in [0.05, 0.1) is 6.10 Å². The Hall–Kier alpha value is -1.35. The van der Waals surface area contributed by atoms with Gasteiger partial charge in [-0.05, 0) is 62.4 Å². The summed E-state index contributed by atoms with van der Waals surface area (Å²) in [5.41, 5.74) is 6.37. The third kappa shape index (κ3) is 4.64. The van der Waals surface area contributed by atoms with Gasteiger partial charge in [-0.2, -0.15) is 0 Å². The van der Waals surface area contributed by atoms with Crippen LogP contribution < -0.4 is 10.5 Å². The van der Waals surface area contributed by atoms with Gasteiger partial charge in [-0.25, -0.2) is 0 Å². The first kappa shape index (κ1) is 15.0. The van der Waals surface area contributed by atoms with Crippen molar-refractivity contribution in [2.75, 3.05) is 6.54 Å².